The van der Waals surface area contributed by atoms with Crippen molar-refractivity contribution in [1.82, 2.24) is 14.5 Å². The van der Waals surface area contributed by atoms with Crippen LogP contribution in [-0.2, 0) is 12.8 Å². The molecule has 0 aliphatic carbocycles. The summed E-state index contributed by atoms with van der Waals surface area (Å²) in [5.41, 5.74) is 1.81. The lowest BCUT2D eigenvalue weighted by atomic mass is 10.1. The van der Waals surface area contributed by atoms with Gasteiger partial charge in [-0.3, -0.25) is 14.3 Å². The van der Waals surface area contributed by atoms with Crippen LogP contribution < -0.4 is 5.56 Å². The quantitative estimate of drug-likeness (QED) is 0.635. The molecule has 2 aromatic heterocycles. The summed E-state index contributed by atoms with van der Waals surface area (Å²) >= 11 is 1.54. The number of thioether (sulfide) groups is 1. The van der Waals surface area contributed by atoms with Gasteiger partial charge in [-0.2, -0.15) is 0 Å². The van der Waals surface area contributed by atoms with Crippen molar-refractivity contribution in [1.29, 1.82) is 0 Å². The first-order valence-corrected chi connectivity index (χ1v) is 7.17. The highest BCUT2D eigenvalue weighted by molar-refractivity contribution is 7.98. The molecule has 0 radical (unpaired) electrons. The standard InChI is InChI=1S/C14H17N3OS/c1-10(2)12-8-13(18)17(3)14(16-12)19-9-11-6-4-5-7-15-11/h4-8,10H,9H2,1-3H3. The number of rotatable bonds is 4. The number of hydrogen-bond acceptors (Lipinski definition) is 4. The SMILES string of the molecule is CC(C)c1cc(=O)n(C)c(SCc2ccccn2)n1. The van der Waals surface area contributed by atoms with E-state index in [9.17, 15) is 4.79 Å². The predicted octanol–water partition coefficient (Wildman–Crippen LogP) is 2.59. The minimum absolute atomic E-state index is 0.0118. The Kier molecular flexibility index (Phi) is 4.37. The normalized spacial score (nSPS) is 10.9. The highest BCUT2D eigenvalue weighted by Gasteiger charge is 2.09. The van der Waals surface area contributed by atoms with Crippen molar-refractivity contribution in [2.45, 2.75) is 30.7 Å². The van der Waals surface area contributed by atoms with Crippen molar-refractivity contribution in [2.24, 2.45) is 7.05 Å². The maximum absolute atomic E-state index is 11.9. The van der Waals surface area contributed by atoms with Gasteiger partial charge in [0.05, 0.1) is 11.4 Å². The first kappa shape index (κ1) is 13.8. The van der Waals surface area contributed by atoms with Crippen LogP contribution >= 0.6 is 11.8 Å². The largest absolute Gasteiger partial charge is 0.291 e. The molecule has 0 saturated carbocycles. The summed E-state index contributed by atoms with van der Waals surface area (Å²) in [5, 5.41) is 0.738. The minimum atomic E-state index is -0.0118. The number of aromatic nitrogens is 3. The van der Waals surface area contributed by atoms with E-state index in [1.54, 1.807) is 23.9 Å². The van der Waals surface area contributed by atoms with E-state index in [4.69, 9.17) is 0 Å². The van der Waals surface area contributed by atoms with E-state index < -0.39 is 0 Å². The molecule has 0 bridgehead atoms. The van der Waals surface area contributed by atoms with Gasteiger partial charge in [0, 0.05) is 25.1 Å². The molecule has 0 N–H and O–H groups in total. The first-order chi connectivity index (χ1) is 9.08. The highest BCUT2D eigenvalue weighted by Crippen LogP contribution is 2.20. The number of hydrogen-bond donors (Lipinski definition) is 0. The van der Waals surface area contributed by atoms with Crippen LogP contribution in [0.5, 0.6) is 0 Å². The highest BCUT2D eigenvalue weighted by atomic mass is 32.2. The third-order valence-corrected chi connectivity index (χ3v) is 3.84. The van der Waals surface area contributed by atoms with Gasteiger partial charge in [-0.1, -0.05) is 31.7 Å². The van der Waals surface area contributed by atoms with Crippen molar-refractivity contribution >= 4 is 11.8 Å². The molecule has 0 amide bonds. The van der Waals surface area contributed by atoms with Gasteiger partial charge in [0.15, 0.2) is 5.16 Å². The molecule has 2 aromatic rings. The monoisotopic (exact) mass is 275 g/mol. The van der Waals surface area contributed by atoms with Crippen LogP contribution in [0.25, 0.3) is 0 Å². The van der Waals surface area contributed by atoms with E-state index in [2.05, 4.69) is 9.97 Å². The van der Waals surface area contributed by atoms with Gasteiger partial charge in [-0.05, 0) is 18.1 Å². The second-order valence-electron chi connectivity index (χ2n) is 4.63. The molecule has 0 aliphatic heterocycles. The van der Waals surface area contributed by atoms with Crippen molar-refractivity contribution in [3.63, 3.8) is 0 Å². The summed E-state index contributed by atoms with van der Waals surface area (Å²) in [6.07, 6.45) is 1.77. The van der Waals surface area contributed by atoms with Crippen LogP contribution in [0.2, 0.25) is 0 Å². The van der Waals surface area contributed by atoms with E-state index in [0.717, 1.165) is 16.5 Å². The zero-order valence-corrected chi connectivity index (χ0v) is 12.1. The smallest absolute Gasteiger partial charge is 0.254 e. The van der Waals surface area contributed by atoms with E-state index in [1.807, 2.05) is 32.0 Å². The van der Waals surface area contributed by atoms with Crippen LogP contribution in [0.3, 0.4) is 0 Å². The topological polar surface area (TPSA) is 47.8 Å². The Bertz CT molecular complexity index is 608. The van der Waals surface area contributed by atoms with Gasteiger partial charge >= 0.3 is 0 Å². The zero-order chi connectivity index (χ0) is 13.8. The zero-order valence-electron chi connectivity index (χ0n) is 11.3. The second kappa shape index (κ2) is 6.02. The summed E-state index contributed by atoms with van der Waals surface area (Å²) in [6, 6.07) is 7.42. The van der Waals surface area contributed by atoms with Crippen molar-refractivity contribution in [2.75, 3.05) is 0 Å². The molecule has 2 heterocycles. The van der Waals surface area contributed by atoms with Gasteiger partial charge in [0.1, 0.15) is 0 Å². The number of pyridine rings is 1. The molecule has 5 heteroatoms. The van der Waals surface area contributed by atoms with Gasteiger partial charge in [0.2, 0.25) is 0 Å². The summed E-state index contributed by atoms with van der Waals surface area (Å²) in [4.78, 5) is 20.7. The third kappa shape index (κ3) is 3.44. The maximum atomic E-state index is 11.9. The Labute approximate surface area is 116 Å². The average molecular weight is 275 g/mol. The molecule has 100 valence electrons. The van der Waals surface area contributed by atoms with E-state index >= 15 is 0 Å². The third-order valence-electron chi connectivity index (χ3n) is 2.78. The second-order valence-corrected chi connectivity index (χ2v) is 5.57. The Hall–Kier alpha value is -1.62. The van der Waals surface area contributed by atoms with E-state index in [-0.39, 0.29) is 11.5 Å². The fraction of sp³-hybridized carbons (Fsp3) is 0.357. The fourth-order valence-corrected chi connectivity index (χ4v) is 2.48. The molecule has 2 rings (SSSR count). The van der Waals surface area contributed by atoms with E-state index in [0.29, 0.717) is 5.75 Å². The van der Waals surface area contributed by atoms with Crippen molar-refractivity contribution in [3.05, 3.63) is 52.2 Å². The lowest BCUT2D eigenvalue weighted by Gasteiger charge is -2.10. The van der Waals surface area contributed by atoms with Crippen LogP contribution in [0.15, 0.2) is 40.4 Å². The average Bonchev–Trinajstić information content (AvgIpc) is 2.41. The van der Waals surface area contributed by atoms with Crippen LogP contribution in [-0.4, -0.2) is 14.5 Å². The van der Waals surface area contributed by atoms with Gasteiger partial charge in [0.25, 0.3) is 5.56 Å². The minimum Gasteiger partial charge on any atom is -0.291 e. The van der Waals surface area contributed by atoms with E-state index in [1.165, 1.54) is 11.8 Å². The molecule has 0 atom stereocenters. The molecule has 4 nitrogen and oxygen atoms in total. The Morgan fingerprint density at radius 1 is 1.37 bits per heavy atom. The molecule has 0 aromatic carbocycles. The predicted molar refractivity (Wildman–Crippen MR) is 77.4 cm³/mol. The molecule has 0 fully saturated rings. The van der Waals surface area contributed by atoms with Gasteiger partial charge in [-0.25, -0.2) is 4.98 Å². The number of nitrogens with zero attached hydrogens (tertiary/aromatic N) is 3. The molecule has 0 saturated heterocycles. The molecule has 0 spiro atoms. The lowest BCUT2D eigenvalue weighted by Crippen LogP contribution is -2.20. The summed E-state index contributed by atoms with van der Waals surface area (Å²) in [7, 11) is 1.75. The summed E-state index contributed by atoms with van der Waals surface area (Å²) in [5.74, 6) is 0.964. The lowest BCUT2D eigenvalue weighted by molar-refractivity contribution is 0.668. The van der Waals surface area contributed by atoms with Gasteiger partial charge in [-0.15, -0.1) is 0 Å². The van der Waals surface area contributed by atoms with Crippen LogP contribution in [0, 0.1) is 0 Å². The van der Waals surface area contributed by atoms with Crippen LogP contribution in [0.1, 0.15) is 31.2 Å². The molecular formula is C14H17N3OS. The first-order valence-electron chi connectivity index (χ1n) is 6.18. The molecule has 0 unspecified atom stereocenters. The van der Waals surface area contributed by atoms with Gasteiger partial charge < -0.3 is 0 Å². The van der Waals surface area contributed by atoms with Crippen molar-refractivity contribution < 1.29 is 0 Å². The van der Waals surface area contributed by atoms with Crippen LogP contribution in [0.4, 0.5) is 0 Å². The summed E-state index contributed by atoms with van der Waals surface area (Å²) in [6.45, 7) is 4.07. The molecular weight excluding hydrogens is 258 g/mol. The maximum Gasteiger partial charge on any atom is 0.254 e. The molecule has 0 aliphatic rings. The Morgan fingerprint density at radius 3 is 2.79 bits per heavy atom. The summed E-state index contributed by atoms with van der Waals surface area (Å²) < 4.78 is 1.58. The Balaban J connectivity index is 2.22. The Morgan fingerprint density at radius 2 is 2.16 bits per heavy atom. The molecule has 19 heavy (non-hydrogen) atoms. The van der Waals surface area contributed by atoms with Crippen molar-refractivity contribution in [3.8, 4) is 0 Å². The fourth-order valence-electron chi connectivity index (χ4n) is 1.58.